The lowest BCUT2D eigenvalue weighted by atomic mass is 9.73. The number of benzene rings is 2. The van der Waals surface area contributed by atoms with Gasteiger partial charge in [0, 0.05) is 62.6 Å². The van der Waals surface area contributed by atoms with Gasteiger partial charge in [0.05, 0.1) is 0 Å². The molecule has 1 saturated heterocycles. The number of hydrogen-bond donors (Lipinski definition) is 1. The first kappa shape index (κ1) is 23.4. The van der Waals surface area contributed by atoms with Gasteiger partial charge in [-0.2, -0.15) is 5.10 Å². The molecule has 1 fully saturated rings. The predicted octanol–water partition coefficient (Wildman–Crippen LogP) is 3.81. The zero-order chi connectivity index (χ0) is 24.5. The third-order valence-corrected chi connectivity index (χ3v) is 8.64. The van der Waals surface area contributed by atoms with Crippen LogP contribution in [-0.2, 0) is 43.0 Å². The number of nitrogens with one attached hydrogen (secondary N) is 1. The average molecular weight is 485 g/mol. The van der Waals surface area contributed by atoms with E-state index in [-0.39, 0.29) is 11.3 Å². The van der Waals surface area contributed by atoms with Crippen LogP contribution >= 0.6 is 0 Å². The topological polar surface area (TPSA) is 59.4 Å². The number of amides is 1. The molecule has 0 bridgehead atoms. The summed E-state index contributed by atoms with van der Waals surface area (Å²) in [4.78, 5) is 15.6. The van der Waals surface area contributed by atoms with Crippen molar-refractivity contribution in [1.82, 2.24) is 20.0 Å². The van der Waals surface area contributed by atoms with Crippen LogP contribution in [0.2, 0.25) is 0 Å². The van der Waals surface area contributed by atoms with Crippen molar-refractivity contribution in [2.45, 2.75) is 56.5 Å². The molecule has 6 rings (SSSR count). The molecule has 1 aromatic heterocycles. The first-order valence-corrected chi connectivity index (χ1v) is 13.4. The van der Waals surface area contributed by atoms with Crippen molar-refractivity contribution in [3.63, 3.8) is 0 Å². The van der Waals surface area contributed by atoms with Gasteiger partial charge < -0.3 is 15.0 Å². The van der Waals surface area contributed by atoms with E-state index in [1.54, 1.807) is 0 Å². The number of hydrogen-bond acceptors (Lipinski definition) is 4. The lowest BCUT2D eigenvalue weighted by Crippen LogP contribution is -2.47. The molecule has 6 nitrogen and oxygen atoms in total. The molecule has 1 atom stereocenters. The molecule has 1 aliphatic carbocycles. The van der Waals surface area contributed by atoms with Crippen LogP contribution in [0.1, 0.15) is 57.7 Å². The molecule has 3 heterocycles. The molecule has 2 aromatic carbocycles. The van der Waals surface area contributed by atoms with Crippen molar-refractivity contribution in [2.24, 2.45) is 7.05 Å². The van der Waals surface area contributed by atoms with Gasteiger partial charge >= 0.3 is 0 Å². The van der Waals surface area contributed by atoms with E-state index in [0.29, 0.717) is 18.3 Å². The minimum atomic E-state index is 0.0761. The van der Waals surface area contributed by atoms with E-state index in [1.165, 1.54) is 22.4 Å². The summed E-state index contributed by atoms with van der Waals surface area (Å²) in [7, 11) is 1.99. The summed E-state index contributed by atoms with van der Waals surface area (Å²) in [5.74, 6) is 0.0761. The van der Waals surface area contributed by atoms with Crippen molar-refractivity contribution in [3.8, 4) is 0 Å². The van der Waals surface area contributed by atoms with E-state index in [2.05, 4.69) is 59.9 Å². The molecule has 1 amide bonds. The second-order valence-corrected chi connectivity index (χ2v) is 10.7. The summed E-state index contributed by atoms with van der Waals surface area (Å²) in [6, 6.07) is 19.7. The molecule has 36 heavy (non-hydrogen) atoms. The summed E-state index contributed by atoms with van der Waals surface area (Å²) in [5, 5.41) is 8.67. The number of aryl methyl sites for hydroxylation is 1. The molecule has 0 saturated carbocycles. The minimum absolute atomic E-state index is 0.0761. The van der Waals surface area contributed by atoms with Crippen molar-refractivity contribution in [1.29, 1.82) is 0 Å². The van der Waals surface area contributed by atoms with E-state index in [4.69, 9.17) is 9.84 Å². The molecule has 1 unspecified atom stereocenters. The van der Waals surface area contributed by atoms with E-state index in [9.17, 15) is 4.79 Å². The van der Waals surface area contributed by atoms with Gasteiger partial charge in [0.15, 0.2) is 5.69 Å². The average Bonchev–Trinajstić information content (AvgIpc) is 3.27. The Labute approximate surface area is 213 Å². The summed E-state index contributed by atoms with van der Waals surface area (Å²) >= 11 is 0. The van der Waals surface area contributed by atoms with Crippen LogP contribution in [0.5, 0.6) is 0 Å². The Morgan fingerprint density at radius 3 is 2.61 bits per heavy atom. The summed E-state index contributed by atoms with van der Waals surface area (Å²) in [5.41, 5.74) is 7.14. The third-order valence-electron chi connectivity index (χ3n) is 8.64. The van der Waals surface area contributed by atoms with Crippen LogP contribution < -0.4 is 5.32 Å². The molecular formula is C30H36N4O2. The number of fused-ring (bicyclic) bond motifs is 2. The summed E-state index contributed by atoms with van der Waals surface area (Å²) in [6.07, 6.45) is 5.86. The normalized spacial score (nSPS) is 21.0. The van der Waals surface area contributed by atoms with Crippen molar-refractivity contribution in [3.05, 3.63) is 88.2 Å². The van der Waals surface area contributed by atoms with Crippen LogP contribution in [0.15, 0.2) is 54.6 Å². The summed E-state index contributed by atoms with van der Waals surface area (Å²) in [6.45, 7) is 3.98. The first-order valence-electron chi connectivity index (χ1n) is 13.4. The lowest BCUT2D eigenvalue weighted by Gasteiger charge is -2.39. The summed E-state index contributed by atoms with van der Waals surface area (Å²) < 4.78 is 7.67. The highest BCUT2D eigenvalue weighted by molar-refractivity contribution is 5.94. The molecule has 2 aliphatic heterocycles. The smallest absolute Gasteiger partial charge is 0.274 e. The van der Waals surface area contributed by atoms with E-state index in [1.807, 2.05) is 16.6 Å². The Morgan fingerprint density at radius 2 is 1.81 bits per heavy atom. The molecule has 0 spiro atoms. The fourth-order valence-corrected chi connectivity index (χ4v) is 6.42. The maximum absolute atomic E-state index is 13.7. The second kappa shape index (κ2) is 9.83. The largest absolute Gasteiger partial charge is 0.381 e. The lowest BCUT2D eigenvalue weighted by molar-refractivity contribution is 0.0486. The zero-order valence-corrected chi connectivity index (χ0v) is 21.2. The van der Waals surface area contributed by atoms with Crippen molar-refractivity contribution >= 4 is 5.91 Å². The maximum Gasteiger partial charge on any atom is 0.274 e. The molecule has 3 aromatic rings. The van der Waals surface area contributed by atoms with Gasteiger partial charge in [0.1, 0.15) is 0 Å². The Balaban J connectivity index is 1.18. The molecular weight excluding hydrogens is 448 g/mol. The van der Waals surface area contributed by atoms with Gasteiger partial charge in [-0.05, 0) is 55.2 Å². The molecule has 1 N–H and O–H groups in total. The van der Waals surface area contributed by atoms with Crippen molar-refractivity contribution < 1.29 is 9.53 Å². The van der Waals surface area contributed by atoms with Crippen LogP contribution in [0.3, 0.4) is 0 Å². The maximum atomic E-state index is 13.7. The quantitative estimate of drug-likeness (QED) is 0.598. The van der Waals surface area contributed by atoms with E-state index in [0.717, 1.165) is 70.4 Å². The Kier molecular flexibility index (Phi) is 6.40. The van der Waals surface area contributed by atoms with Crippen molar-refractivity contribution in [2.75, 3.05) is 26.3 Å². The zero-order valence-electron chi connectivity index (χ0n) is 21.2. The standard InChI is InChI=1S/C30H36N4O2/c1-33-27-12-11-25(31-21-30(14-17-36-18-15-30)24-9-3-2-4-10-24)19-26(27)28(32-33)29(35)34-16-13-22-7-5-6-8-23(22)20-34/h2-10,25,31H,11-21H2,1H3. The van der Waals surface area contributed by atoms with Gasteiger partial charge in [-0.3, -0.25) is 9.48 Å². The van der Waals surface area contributed by atoms with Gasteiger partial charge in [0.25, 0.3) is 5.91 Å². The first-order chi connectivity index (χ1) is 17.6. The van der Waals surface area contributed by atoms with Crippen LogP contribution in [0, 0.1) is 0 Å². The second-order valence-electron chi connectivity index (χ2n) is 10.7. The molecule has 0 radical (unpaired) electrons. The van der Waals surface area contributed by atoms with Crippen LogP contribution in [-0.4, -0.2) is 52.9 Å². The number of carbonyl (C=O) groups excluding carboxylic acids is 1. The third kappa shape index (κ3) is 4.37. The number of nitrogens with zero attached hydrogens (tertiary/aromatic N) is 3. The monoisotopic (exact) mass is 484 g/mol. The number of ether oxygens (including phenoxy) is 1. The van der Waals surface area contributed by atoms with Gasteiger partial charge in [-0.25, -0.2) is 0 Å². The van der Waals surface area contributed by atoms with Crippen LogP contribution in [0.4, 0.5) is 0 Å². The highest BCUT2D eigenvalue weighted by atomic mass is 16.5. The highest BCUT2D eigenvalue weighted by Gasteiger charge is 2.36. The van der Waals surface area contributed by atoms with Gasteiger partial charge in [-0.1, -0.05) is 54.6 Å². The Hall–Kier alpha value is -2.96. The number of rotatable bonds is 5. The van der Waals surface area contributed by atoms with E-state index < -0.39 is 0 Å². The number of carbonyl (C=O) groups is 1. The van der Waals surface area contributed by atoms with E-state index >= 15 is 0 Å². The van der Waals surface area contributed by atoms with Gasteiger partial charge in [0.2, 0.25) is 0 Å². The Bertz CT molecular complexity index is 1230. The molecule has 3 aliphatic rings. The molecule has 6 heteroatoms. The minimum Gasteiger partial charge on any atom is -0.381 e. The molecule has 188 valence electrons. The predicted molar refractivity (Wildman–Crippen MR) is 140 cm³/mol. The van der Waals surface area contributed by atoms with Crippen LogP contribution in [0.25, 0.3) is 0 Å². The van der Waals surface area contributed by atoms with Gasteiger partial charge in [-0.15, -0.1) is 0 Å². The fourth-order valence-electron chi connectivity index (χ4n) is 6.42. The fraction of sp³-hybridized carbons (Fsp3) is 0.467. The number of aromatic nitrogens is 2. The highest BCUT2D eigenvalue weighted by Crippen LogP contribution is 2.35. The SMILES string of the molecule is Cn1nc(C(=O)N2CCc3ccccc3C2)c2c1CCC(NCC1(c3ccccc3)CCOCC1)C2. The Morgan fingerprint density at radius 1 is 1.06 bits per heavy atom.